The molecule has 1 N–H and O–H groups in total. The van der Waals surface area contributed by atoms with E-state index in [2.05, 4.69) is 4.98 Å². The van der Waals surface area contributed by atoms with Crippen molar-refractivity contribution in [3.05, 3.63) is 64.4 Å². The van der Waals surface area contributed by atoms with Gasteiger partial charge in [0.15, 0.2) is 11.5 Å². The maximum Gasteiger partial charge on any atom is 0.341 e. The molecule has 0 unspecified atom stereocenters. The lowest BCUT2D eigenvalue weighted by atomic mass is 10.0. The van der Waals surface area contributed by atoms with Gasteiger partial charge < -0.3 is 24.1 Å². The number of H-pyrrole nitrogens is 1. The van der Waals surface area contributed by atoms with E-state index in [-0.39, 0.29) is 19.3 Å². The van der Waals surface area contributed by atoms with Gasteiger partial charge in [-0.2, -0.15) is 0 Å². The molecule has 0 fully saturated rings. The van der Waals surface area contributed by atoms with E-state index in [0.717, 1.165) is 16.5 Å². The Balaban J connectivity index is 1.57. The molecule has 158 valence electrons. The van der Waals surface area contributed by atoms with E-state index in [1.54, 1.807) is 37.4 Å². The molecule has 2 aromatic carbocycles. The van der Waals surface area contributed by atoms with Gasteiger partial charge in [0, 0.05) is 34.2 Å². The molecule has 7 nitrogen and oxygen atoms in total. The molecule has 1 amide bonds. The molecule has 0 radical (unpaired) electrons. The number of carbonyl (C=O) groups is 2. The molecule has 2 aliphatic heterocycles. The maximum atomic E-state index is 13.3. The highest BCUT2D eigenvalue weighted by molar-refractivity contribution is 6.31. The van der Waals surface area contributed by atoms with E-state index in [1.807, 2.05) is 12.1 Å². The maximum absolute atomic E-state index is 13.3. The number of hydrogen-bond donors (Lipinski definition) is 1. The molecule has 2 aliphatic rings. The highest BCUT2D eigenvalue weighted by Crippen LogP contribution is 2.35. The van der Waals surface area contributed by atoms with Crippen LogP contribution in [0.25, 0.3) is 16.5 Å². The molecule has 0 bridgehead atoms. The van der Waals surface area contributed by atoms with Gasteiger partial charge in [0.2, 0.25) is 6.79 Å². The molecule has 3 aromatic rings. The van der Waals surface area contributed by atoms with Gasteiger partial charge in [0.05, 0.1) is 17.9 Å². The van der Waals surface area contributed by atoms with Crippen LogP contribution in [0.1, 0.15) is 28.5 Å². The summed E-state index contributed by atoms with van der Waals surface area (Å²) < 4.78 is 16.0. The van der Waals surface area contributed by atoms with E-state index in [9.17, 15) is 9.59 Å². The third kappa shape index (κ3) is 3.41. The normalized spacial score (nSPS) is 14.8. The standard InChI is InChI=1S/C23H19ClN2O5/c1-2-29-23(28)17-11-26(22(27)13-3-6-19-20(9-13)31-12-30-19)8-7-15-16-10-14(24)4-5-18(16)25-21(15)17/h3-6,9-11,25H,2,7-8,12H2,1H3. The first-order chi connectivity index (χ1) is 15.0. The second-order valence-corrected chi connectivity index (χ2v) is 7.68. The molecule has 3 heterocycles. The van der Waals surface area contributed by atoms with E-state index in [1.165, 1.54) is 4.90 Å². The van der Waals surface area contributed by atoms with Crippen molar-refractivity contribution < 1.29 is 23.8 Å². The molecule has 0 saturated carbocycles. The third-order valence-corrected chi connectivity index (χ3v) is 5.64. The molecule has 0 saturated heterocycles. The highest BCUT2D eigenvalue weighted by Gasteiger charge is 2.28. The van der Waals surface area contributed by atoms with Gasteiger partial charge in [-0.3, -0.25) is 4.79 Å². The van der Waals surface area contributed by atoms with Crippen LogP contribution in [-0.2, 0) is 16.0 Å². The minimum Gasteiger partial charge on any atom is -0.462 e. The van der Waals surface area contributed by atoms with Gasteiger partial charge in [0.1, 0.15) is 0 Å². The summed E-state index contributed by atoms with van der Waals surface area (Å²) in [6.07, 6.45) is 2.11. The predicted octanol–water partition coefficient (Wildman–Crippen LogP) is 4.15. The Morgan fingerprint density at radius 2 is 2.00 bits per heavy atom. The second-order valence-electron chi connectivity index (χ2n) is 7.25. The van der Waals surface area contributed by atoms with Crippen molar-refractivity contribution in [1.29, 1.82) is 0 Å². The number of hydrogen-bond acceptors (Lipinski definition) is 5. The molecule has 8 heteroatoms. The summed E-state index contributed by atoms with van der Waals surface area (Å²) >= 11 is 6.21. The lowest BCUT2D eigenvalue weighted by Gasteiger charge is -2.18. The molecular weight excluding hydrogens is 420 g/mol. The van der Waals surface area contributed by atoms with Gasteiger partial charge in [0.25, 0.3) is 5.91 Å². The zero-order valence-electron chi connectivity index (χ0n) is 16.7. The number of amides is 1. The molecular formula is C23H19ClN2O5. The minimum atomic E-state index is -0.494. The van der Waals surface area contributed by atoms with Crippen LogP contribution in [0.15, 0.2) is 42.6 Å². The van der Waals surface area contributed by atoms with Crippen LogP contribution in [0.4, 0.5) is 0 Å². The fourth-order valence-electron chi connectivity index (χ4n) is 3.95. The minimum absolute atomic E-state index is 0.133. The van der Waals surface area contributed by atoms with Crippen LogP contribution in [0, 0.1) is 0 Å². The molecule has 31 heavy (non-hydrogen) atoms. The summed E-state index contributed by atoms with van der Waals surface area (Å²) in [7, 11) is 0. The number of halogens is 1. The Morgan fingerprint density at radius 1 is 1.16 bits per heavy atom. The van der Waals surface area contributed by atoms with Crippen LogP contribution in [0.5, 0.6) is 11.5 Å². The lowest BCUT2D eigenvalue weighted by Crippen LogP contribution is -2.28. The van der Waals surface area contributed by atoms with Crippen molar-refractivity contribution in [2.75, 3.05) is 19.9 Å². The van der Waals surface area contributed by atoms with Gasteiger partial charge in [-0.25, -0.2) is 4.79 Å². The second kappa shape index (κ2) is 7.67. The SMILES string of the molecule is CCOC(=O)C1=CN(C(=O)c2ccc3c(c2)OCO3)CCc2c1[nH]c1ccc(Cl)cc21. The average molecular weight is 439 g/mol. The monoisotopic (exact) mass is 438 g/mol. The van der Waals surface area contributed by atoms with Crippen molar-refractivity contribution in [2.45, 2.75) is 13.3 Å². The number of fused-ring (bicyclic) bond motifs is 4. The Kier molecular flexibility index (Phi) is 4.82. The number of aromatic nitrogens is 1. The first-order valence-corrected chi connectivity index (χ1v) is 10.3. The van der Waals surface area contributed by atoms with Gasteiger partial charge in [-0.05, 0) is 55.3 Å². The number of aromatic amines is 1. The Morgan fingerprint density at radius 3 is 2.84 bits per heavy atom. The Hall–Kier alpha value is -3.45. The molecule has 5 rings (SSSR count). The van der Waals surface area contributed by atoms with Gasteiger partial charge in [-0.1, -0.05) is 11.6 Å². The number of rotatable bonds is 3. The summed E-state index contributed by atoms with van der Waals surface area (Å²) in [6, 6.07) is 10.6. The van der Waals surface area contributed by atoms with Crippen LogP contribution in [-0.4, -0.2) is 41.7 Å². The van der Waals surface area contributed by atoms with Crippen LogP contribution >= 0.6 is 11.6 Å². The van der Waals surface area contributed by atoms with E-state index in [0.29, 0.717) is 46.3 Å². The fraction of sp³-hybridized carbons (Fsp3) is 0.217. The summed E-state index contributed by atoms with van der Waals surface area (Å²) in [5, 5.41) is 1.53. The zero-order chi connectivity index (χ0) is 21.5. The van der Waals surface area contributed by atoms with Crippen molar-refractivity contribution in [1.82, 2.24) is 9.88 Å². The van der Waals surface area contributed by atoms with E-state index >= 15 is 0 Å². The number of carbonyl (C=O) groups excluding carboxylic acids is 2. The van der Waals surface area contributed by atoms with E-state index < -0.39 is 5.97 Å². The summed E-state index contributed by atoms with van der Waals surface area (Å²) in [4.78, 5) is 30.9. The quantitative estimate of drug-likeness (QED) is 0.621. The fourth-order valence-corrected chi connectivity index (χ4v) is 4.12. The molecule has 0 aliphatic carbocycles. The molecule has 1 aromatic heterocycles. The average Bonchev–Trinajstić information content (AvgIpc) is 3.32. The van der Waals surface area contributed by atoms with Crippen molar-refractivity contribution in [2.24, 2.45) is 0 Å². The number of benzene rings is 2. The Labute approximate surface area is 183 Å². The first kappa shape index (κ1) is 19.5. The largest absolute Gasteiger partial charge is 0.462 e. The zero-order valence-corrected chi connectivity index (χ0v) is 17.5. The molecule has 0 atom stereocenters. The third-order valence-electron chi connectivity index (χ3n) is 5.40. The topological polar surface area (TPSA) is 80.9 Å². The summed E-state index contributed by atoms with van der Waals surface area (Å²) in [5.74, 6) is 0.397. The van der Waals surface area contributed by atoms with Crippen molar-refractivity contribution >= 4 is 40.0 Å². The van der Waals surface area contributed by atoms with Crippen LogP contribution in [0.3, 0.4) is 0 Å². The summed E-state index contributed by atoms with van der Waals surface area (Å²) in [5.41, 5.74) is 3.20. The number of nitrogens with one attached hydrogen (secondary N) is 1. The van der Waals surface area contributed by atoms with Crippen LogP contribution < -0.4 is 9.47 Å². The van der Waals surface area contributed by atoms with Gasteiger partial charge >= 0.3 is 5.97 Å². The van der Waals surface area contributed by atoms with E-state index in [4.69, 9.17) is 25.8 Å². The smallest absolute Gasteiger partial charge is 0.341 e. The van der Waals surface area contributed by atoms with Gasteiger partial charge in [-0.15, -0.1) is 0 Å². The first-order valence-electron chi connectivity index (χ1n) is 9.95. The lowest BCUT2D eigenvalue weighted by molar-refractivity contribution is -0.136. The Bertz CT molecular complexity index is 1250. The van der Waals surface area contributed by atoms with Crippen molar-refractivity contribution in [3.63, 3.8) is 0 Å². The number of nitrogens with zero attached hydrogens (tertiary/aromatic N) is 1. The molecule has 0 spiro atoms. The highest BCUT2D eigenvalue weighted by atomic mass is 35.5. The number of ether oxygens (including phenoxy) is 3. The van der Waals surface area contributed by atoms with Crippen molar-refractivity contribution in [3.8, 4) is 11.5 Å². The number of esters is 1. The summed E-state index contributed by atoms with van der Waals surface area (Å²) in [6.45, 7) is 2.50. The van der Waals surface area contributed by atoms with Crippen LogP contribution in [0.2, 0.25) is 5.02 Å². The predicted molar refractivity (Wildman–Crippen MR) is 115 cm³/mol.